The largest absolute Gasteiger partial charge is 0.511 e. The number of hydrogen-bond donors (Lipinski definition) is 3. The van der Waals surface area contributed by atoms with Crippen molar-refractivity contribution in [2.75, 3.05) is 13.1 Å². The van der Waals surface area contributed by atoms with E-state index in [-0.39, 0.29) is 17.8 Å². The molecular formula is C15H16N2O5. The van der Waals surface area contributed by atoms with Gasteiger partial charge in [0.2, 0.25) is 0 Å². The second kappa shape index (κ2) is 6.75. The molecule has 1 heterocycles. The van der Waals surface area contributed by atoms with Gasteiger partial charge in [0, 0.05) is 19.5 Å². The standard InChI is InChI=1S/C15H16N2O5/c18-11-6-7-17(9-10-4-2-1-3-5-10)15(22)13(11)14(21)16-8-12(19)20/h1-5,18H,6-9H2,(H,16,21)(H,19,20). The van der Waals surface area contributed by atoms with Crippen molar-refractivity contribution in [2.24, 2.45) is 0 Å². The average Bonchev–Trinajstić information content (AvgIpc) is 2.49. The van der Waals surface area contributed by atoms with E-state index in [0.29, 0.717) is 13.1 Å². The molecule has 0 aromatic heterocycles. The number of amides is 2. The fraction of sp³-hybridized carbons (Fsp3) is 0.267. The summed E-state index contributed by atoms with van der Waals surface area (Å²) in [5.74, 6) is -3.01. The molecule has 1 aliphatic rings. The fourth-order valence-electron chi connectivity index (χ4n) is 2.18. The van der Waals surface area contributed by atoms with Gasteiger partial charge in [0.25, 0.3) is 11.8 Å². The first kappa shape index (κ1) is 15.6. The Morgan fingerprint density at radius 2 is 1.91 bits per heavy atom. The van der Waals surface area contributed by atoms with Crippen molar-refractivity contribution in [1.29, 1.82) is 0 Å². The molecule has 22 heavy (non-hydrogen) atoms. The predicted molar refractivity (Wildman–Crippen MR) is 76.8 cm³/mol. The Kier molecular flexibility index (Phi) is 4.77. The molecular weight excluding hydrogens is 288 g/mol. The van der Waals surface area contributed by atoms with Gasteiger partial charge in [-0.25, -0.2) is 0 Å². The van der Waals surface area contributed by atoms with Crippen LogP contribution in [0.5, 0.6) is 0 Å². The highest BCUT2D eigenvalue weighted by Gasteiger charge is 2.32. The highest BCUT2D eigenvalue weighted by molar-refractivity contribution is 6.19. The number of rotatable bonds is 5. The fourth-order valence-corrected chi connectivity index (χ4v) is 2.18. The first-order valence-electron chi connectivity index (χ1n) is 6.74. The first-order chi connectivity index (χ1) is 10.5. The molecule has 0 atom stereocenters. The van der Waals surface area contributed by atoms with Gasteiger partial charge in [-0.15, -0.1) is 0 Å². The molecule has 1 aromatic carbocycles. The second-order valence-corrected chi connectivity index (χ2v) is 4.86. The van der Waals surface area contributed by atoms with Crippen LogP contribution in [0.25, 0.3) is 0 Å². The van der Waals surface area contributed by atoms with Crippen molar-refractivity contribution in [3.05, 3.63) is 47.2 Å². The summed E-state index contributed by atoms with van der Waals surface area (Å²) >= 11 is 0. The van der Waals surface area contributed by atoms with Crippen LogP contribution in [-0.4, -0.2) is 46.0 Å². The second-order valence-electron chi connectivity index (χ2n) is 4.86. The average molecular weight is 304 g/mol. The monoisotopic (exact) mass is 304 g/mol. The molecule has 116 valence electrons. The maximum Gasteiger partial charge on any atom is 0.322 e. The molecule has 0 aliphatic carbocycles. The Balaban J connectivity index is 2.11. The van der Waals surface area contributed by atoms with Crippen molar-refractivity contribution in [1.82, 2.24) is 10.2 Å². The van der Waals surface area contributed by atoms with E-state index in [2.05, 4.69) is 5.32 Å². The Bertz CT molecular complexity index is 624. The Labute approximate surface area is 126 Å². The summed E-state index contributed by atoms with van der Waals surface area (Å²) in [7, 11) is 0. The molecule has 0 saturated carbocycles. The van der Waals surface area contributed by atoms with Crippen LogP contribution >= 0.6 is 0 Å². The predicted octanol–water partition coefficient (Wildman–Crippen LogP) is 0.432. The quantitative estimate of drug-likeness (QED) is 0.684. The molecule has 0 bridgehead atoms. The topological polar surface area (TPSA) is 107 Å². The molecule has 1 aromatic rings. The molecule has 0 fully saturated rings. The summed E-state index contributed by atoms with van der Waals surface area (Å²) in [4.78, 5) is 36.1. The van der Waals surface area contributed by atoms with Crippen molar-refractivity contribution in [3.8, 4) is 0 Å². The number of aliphatic hydroxyl groups excluding tert-OH is 1. The zero-order valence-corrected chi connectivity index (χ0v) is 11.8. The normalized spacial score (nSPS) is 14.9. The van der Waals surface area contributed by atoms with Gasteiger partial charge in [-0.1, -0.05) is 30.3 Å². The van der Waals surface area contributed by atoms with Crippen LogP contribution in [0.3, 0.4) is 0 Å². The van der Waals surface area contributed by atoms with Crippen molar-refractivity contribution >= 4 is 17.8 Å². The van der Waals surface area contributed by atoms with Crippen molar-refractivity contribution in [2.45, 2.75) is 13.0 Å². The molecule has 0 spiro atoms. The van der Waals surface area contributed by atoms with Gasteiger partial charge in [0.15, 0.2) is 0 Å². The number of carboxylic acid groups (broad SMARTS) is 1. The van der Waals surface area contributed by atoms with Gasteiger partial charge in [-0.2, -0.15) is 0 Å². The lowest BCUT2D eigenvalue weighted by Gasteiger charge is -2.28. The number of carbonyl (C=O) groups excluding carboxylic acids is 2. The van der Waals surface area contributed by atoms with Crippen molar-refractivity contribution < 1.29 is 24.6 Å². The Morgan fingerprint density at radius 1 is 1.23 bits per heavy atom. The maximum atomic E-state index is 12.3. The summed E-state index contributed by atoms with van der Waals surface area (Å²) in [6.07, 6.45) is 0.161. The third-order valence-corrected chi connectivity index (χ3v) is 3.25. The van der Waals surface area contributed by atoms with Crippen LogP contribution in [0.4, 0.5) is 0 Å². The third-order valence-electron chi connectivity index (χ3n) is 3.25. The smallest absolute Gasteiger partial charge is 0.322 e. The summed E-state index contributed by atoms with van der Waals surface area (Å²) in [6.45, 7) is 0.0134. The molecule has 0 unspecified atom stereocenters. The summed E-state index contributed by atoms with van der Waals surface area (Å²) in [6, 6.07) is 9.26. The van der Waals surface area contributed by atoms with E-state index in [9.17, 15) is 19.5 Å². The lowest BCUT2D eigenvalue weighted by atomic mass is 10.0. The van der Waals surface area contributed by atoms with Gasteiger partial charge < -0.3 is 20.4 Å². The molecule has 2 amide bonds. The number of carbonyl (C=O) groups is 3. The van der Waals surface area contributed by atoms with E-state index in [1.807, 2.05) is 30.3 Å². The number of hydrogen-bond acceptors (Lipinski definition) is 4. The number of nitrogens with one attached hydrogen (secondary N) is 1. The zero-order chi connectivity index (χ0) is 16.1. The highest BCUT2D eigenvalue weighted by Crippen LogP contribution is 2.19. The van der Waals surface area contributed by atoms with E-state index in [0.717, 1.165) is 5.56 Å². The van der Waals surface area contributed by atoms with Crippen LogP contribution in [0, 0.1) is 0 Å². The summed E-state index contributed by atoms with van der Waals surface area (Å²) < 4.78 is 0. The Hall–Kier alpha value is -2.83. The minimum Gasteiger partial charge on any atom is -0.511 e. The van der Waals surface area contributed by atoms with Crippen LogP contribution in [0.15, 0.2) is 41.7 Å². The van der Waals surface area contributed by atoms with E-state index >= 15 is 0 Å². The SMILES string of the molecule is O=C(O)CNC(=O)C1=C(O)CCN(Cc2ccccc2)C1=O. The van der Waals surface area contributed by atoms with Gasteiger partial charge in [-0.05, 0) is 5.56 Å². The van der Waals surface area contributed by atoms with Crippen LogP contribution in [0.2, 0.25) is 0 Å². The highest BCUT2D eigenvalue weighted by atomic mass is 16.4. The molecule has 0 radical (unpaired) electrons. The molecule has 7 nitrogen and oxygen atoms in total. The molecule has 1 aliphatic heterocycles. The van der Waals surface area contributed by atoms with Gasteiger partial charge in [0.1, 0.15) is 17.9 Å². The van der Waals surface area contributed by atoms with E-state index < -0.39 is 24.3 Å². The first-order valence-corrected chi connectivity index (χ1v) is 6.74. The van der Waals surface area contributed by atoms with Gasteiger partial charge in [0.05, 0.1) is 0 Å². The lowest BCUT2D eigenvalue weighted by molar-refractivity contribution is -0.138. The summed E-state index contributed by atoms with van der Waals surface area (Å²) in [5, 5.41) is 20.4. The number of aliphatic carboxylic acids is 1. The number of nitrogens with zero attached hydrogens (tertiary/aromatic N) is 1. The molecule has 2 rings (SSSR count). The van der Waals surface area contributed by atoms with Crippen LogP contribution < -0.4 is 5.32 Å². The van der Waals surface area contributed by atoms with E-state index in [4.69, 9.17) is 5.11 Å². The molecule has 7 heteroatoms. The third kappa shape index (κ3) is 3.63. The van der Waals surface area contributed by atoms with Crippen LogP contribution in [0.1, 0.15) is 12.0 Å². The Morgan fingerprint density at radius 3 is 2.55 bits per heavy atom. The number of benzene rings is 1. The van der Waals surface area contributed by atoms with Gasteiger partial charge >= 0.3 is 5.97 Å². The molecule has 0 saturated heterocycles. The van der Waals surface area contributed by atoms with Crippen LogP contribution in [-0.2, 0) is 20.9 Å². The number of carboxylic acids is 1. The lowest BCUT2D eigenvalue weighted by Crippen LogP contribution is -2.43. The van der Waals surface area contributed by atoms with E-state index in [1.165, 1.54) is 4.90 Å². The number of aliphatic hydroxyl groups is 1. The zero-order valence-electron chi connectivity index (χ0n) is 11.8. The maximum absolute atomic E-state index is 12.3. The summed E-state index contributed by atoms with van der Waals surface area (Å²) in [5.41, 5.74) is 0.519. The van der Waals surface area contributed by atoms with E-state index in [1.54, 1.807) is 0 Å². The minimum absolute atomic E-state index is 0.161. The van der Waals surface area contributed by atoms with Gasteiger partial charge in [-0.3, -0.25) is 14.4 Å². The molecule has 3 N–H and O–H groups in total. The van der Waals surface area contributed by atoms with Crippen molar-refractivity contribution in [3.63, 3.8) is 0 Å². The minimum atomic E-state index is -1.22.